The number of ether oxygens (including phenoxy) is 1. The molecule has 0 aliphatic rings. The molecule has 0 atom stereocenters. The van der Waals surface area contributed by atoms with Crippen molar-refractivity contribution in [3.8, 4) is 11.8 Å². The van der Waals surface area contributed by atoms with Crippen molar-refractivity contribution in [3.05, 3.63) is 81.2 Å². The van der Waals surface area contributed by atoms with Gasteiger partial charge in [-0.3, -0.25) is 14.0 Å². The van der Waals surface area contributed by atoms with Crippen molar-refractivity contribution in [2.45, 2.75) is 33.7 Å². The van der Waals surface area contributed by atoms with Gasteiger partial charge < -0.3 is 9.30 Å². The van der Waals surface area contributed by atoms with Crippen molar-refractivity contribution in [2.24, 2.45) is 4.99 Å². The van der Waals surface area contributed by atoms with Crippen LogP contribution in [0.2, 0.25) is 0 Å². The third-order valence-electron chi connectivity index (χ3n) is 5.29. The molecule has 4 rings (SSSR count). The summed E-state index contributed by atoms with van der Waals surface area (Å²) in [6, 6.07) is 13.9. The second-order valence-corrected chi connectivity index (χ2v) is 7.56. The zero-order valence-electron chi connectivity index (χ0n) is 18.7. The van der Waals surface area contributed by atoms with E-state index in [4.69, 9.17) is 9.72 Å². The smallest absolute Gasteiger partial charge is 0.278 e. The highest BCUT2D eigenvalue weighted by Gasteiger charge is 2.16. The first-order chi connectivity index (χ1) is 16.0. The highest BCUT2D eigenvalue weighted by Crippen LogP contribution is 2.15. The standard InChI is InChI=1S/C25H23N5O3/c1-4-12-29-22(28-24(31)17-8-10-19(11-9-17)33-5-2)18(15-26)14-20-23(29)27-21-16(3)7-6-13-30(21)25(20)32/h6-11,13-14H,4-5,12H2,1-3H3. The molecule has 0 aliphatic carbocycles. The fraction of sp³-hybridized carbons (Fsp3) is 0.240. The van der Waals surface area contributed by atoms with Crippen LogP contribution in [-0.2, 0) is 6.54 Å². The van der Waals surface area contributed by atoms with Gasteiger partial charge in [-0.05, 0) is 62.2 Å². The number of fused-ring (bicyclic) bond motifs is 2. The molecule has 1 aromatic carbocycles. The number of carbonyl (C=O) groups excluding carboxylic acids is 1. The van der Waals surface area contributed by atoms with E-state index in [1.54, 1.807) is 41.1 Å². The normalized spacial score (nSPS) is 11.6. The molecule has 1 amide bonds. The second kappa shape index (κ2) is 9.09. The lowest BCUT2D eigenvalue weighted by Crippen LogP contribution is -2.29. The molecular formula is C25H23N5O3. The first-order valence-electron chi connectivity index (χ1n) is 10.8. The summed E-state index contributed by atoms with van der Waals surface area (Å²) in [7, 11) is 0. The molecule has 8 heteroatoms. The molecule has 0 fully saturated rings. The molecule has 8 nitrogen and oxygen atoms in total. The van der Waals surface area contributed by atoms with E-state index >= 15 is 0 Å². The van der Waals surface area contributed by atoms with E-state index in [0.29, 0.717) is 47.6 Å². The van der Waals surface area contributed by atoms with Crippen LogP contribution < -0.4 is 15.8 Å². The summed E-state index contributed by atoms with van der Waals surface area (Å²) >= 11 is 0. The summed E-state index contributed by atoms with van der Waals surface area (Å²) in [5.74, 6) is 0.165. The SMILES string of the molecule is CCCn1c(=NC(=O)c2ccc(OCC)cc2)c(C#N)cc2c(=O)n3cccc(C)c3nc21. The Morgan fingerprint density at radius 3 is 2.61 bits per heavy atom. The molecule has 3 heterocycles. The molecule has 0 radical (unpaired) electrons. The van der Waals surface area contributed by atoms with Crippen molar-refractivity contribution in [2.75, 3.05) is 6.61 Å². The van der Waals surface area contributed by atoms with Crippen LogP contribution in [0.4, 0.5) is 0 Å². The van der Waals surface area contributed by atoms with Gasteiger partial charge >= 0.3 is 0 Å². The molecule has 0 bridgehead atoms. The van der Waals surface area contributed by atoms with Crippen LogP contribution in [0, 0.1) is 18.3 Å². The lowest BCUT2D eigenvalue weighted by molar-refractivity contribution is 0.0997. The maximum atomic E-state index is 13.2. The Labute approximate surface area is 190 Å². The molecule has 4 aromatic rings. The number of nitrogens with zero attached hydrogens (tertiary/aromatic N) is 5. The number of amides is 1. The first-order valence-corrected chi connectivity index (χ1v) is 10.8. The van der Waals surface area contributed by atoms with Crippen LogP contribution in [0.3, 0.4) is 0 Å². The van der Waals surface area contributed by atoms with Crippen molar-refractivity contribution in [3.63, 3.8) is 0 Å². The average molecular weight is 441 g/mol. The van der Waals surface area contributed by atoms with Crippen LogP contribution in [0.25, 0.3) is 16.7 Å². The minimum Gasteiger partial charge on any atom is -0.494 e. The van der Waals surface area contributed by atoms with Gasteiger partial charge in [-0.1, -0.05) is 13.0 Å². The monoisotopic (exact) mass is 441 g/mol. The predicted molar refractivity (Wildman–Crippen MR) is 124 cm³/mol. The number of nitriles is 1. The molecule has 0 N–H and O–H groups in total. The quantitative estimate of drug-likeness (QED) is 0.442. The molecule has 0 spiro atoms. The van der Waals surface area contributed by atoms with Gasteiger partial charge in [-0.2, -0.15) is 10.3 Å². The molecule has 0 aliphatic heterocycles. The molecule has 166 valence electrons. The van der Waals surface area contributed by atoms with Gasteiger partial charge in [0, 0.05) is 18.3 Å². The van der Waals surface area contributed by atoms with Crippen molar-refractivity contribution in [1.82, 2.24) is 14.0 Å². The number of rotatable bonds is 5. The minimum absolute atomic E-state index is 0.140. The Bertz CT molecular complexity index is 1540. The molecule has 0 saturated carbocycles. The lowest BCUT2D eigenvalue weighted by atomic mass is 10.2. The number of pyridine rings is 2. The minimum atomic E-state index is -0.493. The Morgan fingerprint density at radius 2 is 1.94 bits per heavy atom. The summed E-state index contributed by atoms with van der Waals surface area (Å²) in [6.07, 6.45) is 2.35. The molecule has 0 unspecified atom stereocenters. The van der Waals surface area contributed by atoms with Gasteiger partial charge in [0.1, 0.15) is 23.1 Å². The van der Waals surface area contributed by atoms with Crippen molar-refractivity contribution in [1.29, 1.82) is 5.26 Å². The summed E-state index contributed by atoms with van der Waals surface area (Å²) < 4.78 is 8.58. The first kappa shape index (κ1) is 22.0. The van der Waals surface area contributed by atoms with Crippen LogP contribution in [-0.4, -0.2) is 26.5 Å². The molecule has 3 aromatic heterocycles. The maximum absolute atomic E-state index is 13.2. The third-order valence-corrected chi connectivity index (χ3v) is 5.29. The predicted octanol–water partition coefficient (Wildman–Crippen LogP) is 3.38. The fourth-order valence-corrected chi connectivity index (χ4v) is 3.75. The number of aromatic nitrogens is 3. The van der Waals surface area contributed by atoms with Crippen LogP contribution in [0.15, 0.2) is 58.4 Å². The van der Waals surface area contributed by atoms with E-state index in [0.717, 1.165) is 5.56 Å². The Balaban J connectivity index is 2.00. The zero-order valence-corrected chi connectivity index (χ0v) is 18.7. The Morgan fingerprint density at radius 1 is 1.18 bits per heavy atom. The Hall–Kier alpha value is -4.25. The van der Waals surface area contributed by atoms with Gasteiger partial charge in [-0.15, -0.1) is 0 Å². The summed E-state index contributed by atoms with van der Waals surface area (Å²) in [4.78, 5) is 35.2. The highest BCUT2D eigenvalue weighted by molar-refractivity contribution is 5.95. The molecular weight excluding hydrogens is 418 g/mol. The van der Waals surface area contributed by atoms with Crippen molar-refractivity contribution < 1.29 is 9.53 Å². The largest absolute Gasteiger partial charge is 0.494 e. The fourth-order valence-electron chi connectivity index (χ4n) is 3.75. The highest BCUT2D eigenvalue weighted by atomic mass is 16.5. The van der Waals surface area contributed by atoms with Gasteiger partial charge in [0.15, 0.2) is 5.49 Å². The van der Waals surface area contributed by atoms with Gasteiger partial charge in [-0.25, -0.2) is 4.98 Å². The Kier molecular flexibility index (Phi) is 6.05. The summed E-state index contributed by atoms with van der Waals surface area (Å²) in [5, 5.41) is 10.1. The third kappa shape index (κ3) is 4.01. The topological polar surface area (TPSA) is 102 Å². The van der Waals surface area contributed by atoms with E-state index in [-0.39, 0.29) is 16.6 Å². The summed E-state index contributed by atoms with van der Waals surface area (Å²) in [5.41, 5.74) is 2.18. The average Bonchev–Trinajstić information content (AvgIpc) is 2.82. The van der Waals surface area contributed by atoms with E-state index in [2.05, 4.69) is 11.1 Å². The van der Waals surface area contributed by atoms with Crippen LogP contribution in [0.5, 0.6) is 5.75 Å². The number of benzene rings is 1. The lowest BCUT2D eigenvalue weighted by Gasteiger charge is -2.13. The number of hydrogen-bond donors (Lipinski definition) is 0. The summed E-state index contributed by atoms with van der Waals surface area (Å²) in [6.45, 7) is 6.69. The van der Waals surface area contributed by atoms with Crippen molar-refractivity contribution >= 4 is 22.6 Å². The second-order valence-electron chi connectivity index (χ2n) is 7.56. The molecule has 33 heavy (non-hydrogen) atoms. The van der Waals surface area contributed by atoms with E-state index < -0.39 is 5.91 Å². The van der Waals surface area contributed by atoms with Gasteiger partial charge in [0.25, 0.3) is 11.5 Å². The van der Waals surface area contributed by atoms with E-state index in [1.165, 1.54) is 10.5 Å². The van der Waals surface area contributed by atoms with Crippen LogP contribution in [0.1, 0.15) is 41.8 Å². The van der Waals surface area contributed by atoms with E-state index in [1.807, 2.05) is 26.8 Å². The number of hydrogen-bond acceptors (Lipinski definition) is 5. The van der Waals surface area contributed by atoms with Crippen LogP contribution >= 0.6 is 0 Å². The van der Waals surface area contributed by atoms with Gasteiger partial charge in [0.2, 0.25) is 0 Å². The number of carbonyl (C=O) groups is 1. The number of aryl methyl sites for hydroxylation is 2. The maximum Gasteiger partial charge on any atom is 0.278 e. The zero-order chi connectivity index (χ0) is 23.5. The van der Waals surface area contributed by atoms with E-state index in [9.17, 15) is 14.9 Å². The molecule has 0 saturated heterocycles. The van der Waals surface area contributed by atoms with Gasteiger partial charge in [0.05, 0.1) is 17.6 Å².